The quantitative estimate of drug-likeness (QED) is 0.625. The Bertz CT molecular complexity index is 886. The maximum absolute atomic E-state index is 10.1. The van der Waals surface area contributed by atoms with Gasteiger partial charge in [0.1, 0.15) is 11.5 Å². The Hall–Kier alpha value is -1.70. The van der Waals surface area contributed by atoms with E-state index in [1.54, 1.807) is 23.7 Å². The summed E-state index contributed by atoms with van der Waals surface area (Å²) in [5.74, 6) is 1.48. The smallest absolute Gasteiger partial charge is 0.184 e. The number of pyridine rings is 1. The lowest BCUT2D eigenvalue weighted by molar-refractivity contribution is 0.116. The molecule has 3 aromatic rings. The zero-order valence-electron chi connectivity index (χ0n) is 13.5. The third-order valence-corrected chi connectivity index (χ3v) is 5.91. The van der Waals surface area contributed by atoms with E-state index < -0.39 is 0 Å². The summed E-state index contributed by atoms with van der Waals surface area (Å²) in [6, 6.07) is 7.77. The van der Waals surface area contributed by atoms with Gasteiger partial charge in [-0.25, -0.2) is 4.98 Å². The predicted molar refractivity (Wildman–Crippen MR) is 104 cm³/mol. The van der Waals surface area contributed by atoms with Crippen molar-refractivity contribution in [3.05, 3.63) is 41.1 Å². The van der Waals surface area contributed by atoms with E-state index in [0.29, 0.717) is 0 Å². The van der Waals surface area contributed by atoms with Crippen LogP contribution in [0.4, 0.5) is 5.13 Å². The van der Waals surface area contributed by atoms with E-state index in [1.165, 1.54) is 0 Å². The first-order valence-electron chi connectivity index (χ1n) is 8.31. The molecular formula is C18H18BrN3O2S. The van der Waals surface area contributed by atoms with Gasteiger partial charge in [0.2, 0.25) is 0 Å². The monoisotopic (exact) mass is 419 g/mol. The summed E-state index contributed by atoms with van der Waals surface area (Å²) in [6.07, 6.45) is 7.22. The van der Waals surface area contributed by atoms with E-state index in [-0.39, 0.29) is 12.1 Å². The number of aromatic nitrogens is 2. The van der Waals surface area contributed by atoms with Crippen molar-refractivity contribution < 1.29 is 9.84 Å². The highest BCUT2D eigenvalue weighted by atomic mass is 79.9. The standard InChI is InChI=1S/C18H18BrN3O2S/c19-12-10-20-8-7-16(12)24-11-5-6-14-17(9-11)25-18(22-14)21-13-3-1-2-4-15(13)23/h5-10,13,15,23H,1-4H2,(H,21,22)/t13-,15-/m1/s1. The van der Waals surface area contributed by atoms with E-state index >= 15 is 0 Å². The van der Waals surface area contributed by atoms with Crippen molar-refractivity contribution in [2.75, 3.05) is 5.32 Å². The highest BCUT2D eigenvalue weighted by molar-refractivity contribution is 9.10. The van der Waals surface area contributed by atoms with Crippen LogP contribution in [0.3, 0.4) is 0 Å². The number of anilines is 1. The lowest BCUT2D eigenvalue weighted by Crippen LogP contribution is -2.36. The van der Waals surface area contributed by atoms with Gasteiger partial charge in [0.25, 0.3) is 0 Å². The SMILES string of the molecule is O[C@@H]1CCCC[C@H]1Nc1nc2ccc(Oc3ccncc3Br)cc2s1. The summed E-state index contributed by atoms with van der Waals surface area (Å²) in [5.41, 5.74) is 0.930. The molecule has 7 heteroatoms. The molecular weight excluding hydrogens is 402 g/mol. The van der Waals surface area contributed by atoms with Gasteiger partial charge in [-0.3, -0.25) is 4.98 Å². The van der Waals surface area contributed by atoms with Gasteiger partial charge in [-0.15, -0.1) is 0 Å². The number of thiazole rings is 1. The number of rotatable bonds is 4. The molecule has 4 rings (SSSR count). The van der Waals surface area contributed by atoms with Crippen LogP contribution in [0, 0.1) is 0 Å². The second kappa shape index (κ2) is 7.27. The molecule has 2 heterocycles. The van der Waals surface area contributed by atoms with E-state index in [2.05, 4.69) is 31.2 Å². The summed E-state index contributed by atoms with van der Waals surface area (Å²) >= 11 is 5.02. The molecule has 1 aliphatic rings. The van der Waals surface area contributed by atoms with Crippen molar-refractivity contribution in [3.63, 3.8) is 0 Å². The molecule has 1 aliphatic carbocycles. The number of benzene rings is 1. The third kappa shape index (κ3) is 3.78. The Morgan fingerprint density at radius 3 is 2.96 bits per heavy atom. The largest absolute Gasteiger partial charge is 0.456 e. The average molecular weight is 420 g/mol. The number of hydrogen-bond acceptors (Lipinski definition) is 6. The average Bonchev–Trinajstić information content (AvgIpc) is 3.01. The van der Waals surface area contributed by atoms with Gasteiger partial charge in [-0.1, -0.05) is 24.2 Å². The highest BCUT2D eigenvalue weighted by Crippen LogP contribution is 2.34. The first-order chi connectivity index (χ1) is 12.2. The van der Waals surface area contributed by atoms with Crippen LogP contribution in [0.1, 0.15) is 25.7 Å². The molecule has 2 N–H and O–H groups in total. The van der Waals surface area contributed by atoms with Gasteiger partial charge in [0.15, 0.2) is 5.13 Å². The van der Waals surface area contributed by atoms with Crippen molar-refractivity contribution >= 4 is 42.6 Å². The van der Waals surface area contributed by atoms with Crippen LogP contribution < -0.4 is 10.1 Å². The van der Waals surface area contributed by atoms with Gasteiger partial charge in [0, 0.05) is 24.5 Å². The first-order valence-corrected chi connectivity index (χ1v) is 9.92. The zero-order valence-corrected chi connectivity index (χ0v) is 15.9. The fourth-order valence-corrected chi connectivity index (χ4v) is 4.33. The minimum atomic E-state index is -0.288. The maximum atomic E-state index is 10.1. The minimum absolute atomic E-state index is 0.0952. The molecule has 5 nitrogen and oxygen atoms in total. The minimum Gasteiger partial charge on any atom is -0.456 e. The fourth-order valence-electron chi connectivity index (χ4n) is 3.04. The topological polar surface area (TPSA) is 67.3 Å². The highest BCUT2D eigenvalue weighted by Gasteiger charge is 2.23. The number of fused-ring (bicyclic) bond motifs is 1. The molecule has 0 unspecified atom stereocenters. The summed E-state index contributed by atoms with van der Waals surface area (Å²) < 4.78 is 7.79. The van der Waals surface area contributed by atoms with Gasteiger partial charge < -0.3 is 15.2 Å². The lowest BCUT2D eigenvalue weighted by Gasteiger charge is -2.27. The molecule has 130 valence electrons. The van der Waals surface area contributed by atoms with Gasteiger partial charge >= 0.3 is 0 Å². The molecule has 1 fully saturated rings. The summed E-state index contributed by atoms with van der Waals surface area (Å²) in [4.78, 5) is 8.67. The molecule has 0 amide bonds. The van der Waals surface area contributed by atoms with E-state index in [4.69, 9.17) is 4.74 Å². The number of aliphatic hydroxyl groups is 1. The molecule has 0 bridgehead atoms. The number of ether oxygens (including phenoxy) is 1. The van der Waals surface area contributed by atoms with Gasteiger partial charge in [0.05, 0.1) is 26.8 Å². The van der Waals surface area contributed by atoms with Crippen molar-refractivity contribution in [2.24, 2.45) is 0 Å². The van der Waals surface area contributed by atoms with Gasteiger partial charge in [-0.05, 0) is 40.9 Å². The fraction of sp³-hybridized carbons (Fsp3) is 0.333. The Morgan fingerprint density at radius 1 is 1.24 bits per heavy atom. The van der Waals surface area contributed by atoms with Crippen LogP contribution in [0.5, 0.6) is 11.5 Å². The Kier molecular flexibility index (Phi) is 4.87. The van der Waals surface area contributed by atoms with Crippen molar-refractivity contribution in [1.82, 2.24) is 9.97 Å². The van der Waals surface area contributed by atoms with Crippen LogP contribution in [0.25, 0.3) is 10.2 Å². The summed E-state index contributed by atoms with van der Waals surface area (Å²) in [5, 5.41) is 14.4. The predicted octanol–water partition coefficient (Wildman–Crippen LogP) is 4.96. The Balaban J connectivity index is 1.54. The van der Waals surface area contributed by atoms with Gasteiger partial charge in [-0.2, -0.15) is 0 Å². The van der Waals surface area contributed by atoms with Crippen LogP contribution in [-0.4, -0.2) is 27.2 Å². The first kappa shape index (κ1) is 16.8. The van der Waals surface area contributed by atoms with Crippen LogP contribution >= 0.6 is 27.3 Å². The van der Waals surface area contributed by atoms with Crippen molar-refractivity contribution in [2.45, 2.75) is 37.8 Å². The lowest BCUT2D eigenvalue weighted by atomic mass is 9.93. The van der Waals surface area contributed by atoms with E-state index in [9.17, 15) is 5.11 Å². The van der Waals surface area contributed by atoms with Crippen molar-refractivity contribution in [3.8, 4) is 11.5 Å². The van der Waals surface area contributed by atoms with Crippen LogP contribution in [-0.2, 0) is 0 Å². The second-order valence-corrected chi connectivity index (χ2v) is 8.04. The molecule has 1 saturated carbocycles. The summed E-state index contributed by atoms with van der Waals surface area (Å²) in [7, 11) is 0. The van der Waals surface area contributed by atoms with E-state index in [0.717, 1.165) is 57.0 Å². The molecule has 1 aromatic carbocycles. The van der Waals surface area contributed by atoms with E-state index in [1.807, 2.05) is 24.3 Å². The number of aliphatic hydroxyl groups excluding tert-OH is 1. The van der Waals surface area contributed by atoms with Crippen molar-refractivity contribution in [1.29, 1.82) is 0 Å². The summed E-state index contributed by atoms with van der Waals surface area (Å²) in [6.45, 7) is 0. The second-order valence-electron chi connectivity index (χ2n) is 6.16. The Morgan fingerprint density at radius 2 is 2.12 bits per heavy atom. The molecule has 0 saturated heterocycles. The maximum Gasteiger partial charge on any atom is 0.184 e. The number of hydrogen-bond donors (Lipinski definition) is 2. The number of nitrogens with one attached hydrogen (secondary N) is 1. The molecule has 0 aliphatic heterocycles. The van der Waals surface area contributed by atoms with Crippen LogP contribution in [0.15, 0.2) is 41.1 Å². The molecule has 2 aromatic heterocycles. The molecule has 0 spiro atoms. The Labute approximate surface area is 158 Å². The number of halogens is 1. The molecule has 25 heavy (non-hydrogen) atoms. The molecule has 0 radical (unpaired) electrons. The normalized spacial score (nSPS) is 20.6. The molecule has 2 atom stereocenters. The third-order valence-electron chi connectivity index (χ3n) is 4.36. The van der Waals surface area contributed by atoms with Crippen LogP contribution in [0.2, 0.25) is 0 Å². The number of nitrogens with zero attached hydrogens (tertiary/aromatic N) is 2. The zero-order chi connectivity index (χ0) is 17.2.